The molecule has 3 nitrogen and oxygen atoms in total. The van der Waals surface area contributed by atoms with Gasteiger partial charge in [-0.15, -0.1) is 0 Å². The molecule has 2 N–H and O–H groups in total. The Kier molecular flexibility index (Phi) is 2.33. The Bertz CT molecular complexity index is 313. The number of Topliss-reactive ketones (excluding diaryl/α,β-unsaturated/α-hetero) is 1. The van der Waals surface area contributed by atoms with Crippen LogP contribution in [0.2, 0.25) is 0 Å². The molecule has 0 unspecified atom stereocenters. The van der Waals surface area contributed by atoms with E-state index in [0.29, 0.717) is 5.56 Å². The van der Waals surface area contributed by atoms with Gasteiger partial charge in [0.2, 0.25) is 0 Å². The number of aryl methyl sites for hydroxylation is 2. The molecule has 1 aromatic heterocycles. The lowest BCUT2D eigenvalue weighted by molar-refractivity contribution is 0.0902. The minimum Gasteiger partial charge on any atom is -0.388 e. The molecule has 3 heteroatoms. The number of hydrogen-bond donors (Lipinski definition) is 2. The Labute approximate surface area is 71.4 Å². The molecule has 0 spiro atoms. The average molecular weight is 167 g/mol. The van der Waals surface area contributed by atoms with Gasteiger partial charge in [0, 0.05) is 17.0 Å². The number of aromatic amines is 1. The number of nitrogens with one attached hydrogen (secondary N) is 1. The quantitative estimate of drug-likeness (QED) is 0.648. The summed E-state index contributed by atoms with van der Waals surface area (Å²) < 4.78 is 0. The van der Waals surface area contributed by atoms with E-state index in [2.05, 4.69) is 4.98 Å². The van der Waals surface area contributed by atoms with Crippen LogP contribution >= 0.6 is 0 Å². The maximum atomic E-state index is 11.2. The van der Waals surface area contributed by atoms with Crippen LogP contribution in [0, 0.1) is 20.8 Å². The number of H-pyrrole nitrogens is 1. The number of carbonyl (C=O) groups excluding carboxylic acids is 1. The van der Waals surface area contributed by atoms with Crippen LogP contribution in [0.4, 0.5) is 0 Å². The van der Waals surface area contributed by atoms with Crippen molar-refractivity contribution in [3.8, 4) is 0 Å². The SMILES string of the molecule is Cc1[nH]c(C)c(C(=O)CO)c1C. The van der Waals surface area contributed by atoms with E-state index in [-0.39, 0.29) is 5.78 Å². The lowest BCUT2D eigenvalue weighted by Gasteiger charge is -1.96. The normalized spacial score (nSPS) is 10.3. The monoisotopic (exact) mass is 167 g/mol. The number of aromatic nitrogens is 1. The molecule has 0 aromatic carbocycles. The van der Waals surface area contributed by atoms with E-state index in [1.165, 1.54) is 0 Å². The molecular formula is C9H13NO2. The molecule has 0 saturated carbocycles. The van der Waals surface area contributed by atoms with Crippen molar-refractivity contribution in [2.75, 3.05) is 6.61 Å². The van der Waals surface area contributed by atoms with Crippen LogP contribution in [0.3, 0.4) is 0 Å². The molecule has 0 bridgehead atoms. The zero-order valence-electron chi connectivity index (χ0n) is 7.56. The second-order valence-corrected chi connectivity index (χ2v) is 2.96. The zero-order chi connectivity index (χ0) is 9.30. The summed E-state index contributed by atoms with van der Waals surface area (Å²) in [6.45, 7) is 5.21. The van der Waals surface area contributed by atoms with Gasteiger partial charge in [0.15, 0.2) is 5.78 Å². The van der Waals surface area contributed by atoms with Gasteiger partial charge in [0.1, 0.15) is 6.61 Å². The second kappa shape index (κ2) is 3.11. The van der Waals surface area contributed by atoms with E-state index in [1.54, 1.807) is 0 Å². The predicted octanol–water partition coefficient (Wildman–Crippen LogP) is 1.11. The highest BCUT2D eigenvalue weighted by Gasteiger charge is 2.14. The summed E-state index contributed by atoms with van der Waals surface area (Å²) in [5.41, 5.74) is 3.40. The molecule has 0 atom stereocenters. The fourth-order valence-corrected chi connectivity index (χ4v) is 1.40. The first-order valence-electron chi connectivity index (χ1n) is 3.87. The van der Waals surface area contributed by atoms with Crippen LogP contribution in [0.25, 0.3) is 0 Å². The minimum atomic E-state index is -0.418. The first kappa shape index (κ1) is 9.00. The average Bonchev–Trinajstić information content (AvgIpc) is 2.26. The summed E-state index contributed by atoms with van der Waals surface area (Å²) in [7, 11) is 0. The van der Waals surface area contributed by atoms with Gasteiger partial charge in [-0.05, 0) is 26.3 Å². The maximum Gasteiger partial charge on any atom is 0.190 e. The van der Waals surface area contributed by atoms with Crippen molar-refractivity contribution in [2.24, 2.45) is 0 Å². The van der Waals surface area contributed by atoms with Crippen LogP contribution in [0.5, 0.6) is 0 Å². The van der Waals surface area contributed by atoms with Crippen molar-refractivity contribution >= 4 is 5.78 Å². The lowest BCUT2D eigenvalue weighted by Crippen LogP contribution is -2.06. The Morgan fingerprint density at radius 3 is 2.25 bits per heavy atom. The van der Waals surface area contributed by atoms with Gasteiger partial charge in [-0.3, -0.25) is 4.79 Å². The minimum absolute atomic E-state index is 0.214. The number of hydrogen-bond acceptors (Lipinski definition) is 2. The molecule has 1 heterocycles. The van der Waals surface area contributed by atoms with E-state index in [4.69, 9.17) is 5.11 Å². The molecule has 0 aliphatic rings. The smallest absolute Gasteiger partial charge is 0.190 e. The molecule has 0 radical (unpaired) electrons. The Morgan fingerprint density at radius 2 is 1.92 bits per heavy atom. The molecule has 12 heavy (non-hydrogen) atoms. The van der Waals surface area contributed by atoms with Crippen molar-refractivity contribution in [3.63, 3.8) is 0 Å². The van der Waals surface area contributed by atoms with Crippen molar-refractivity contribution in [1.82, 2.24) is 4.98 Å². The fourth-order valence-electron chi connectivity index (χ4n) is 1.40. The zero-order valence-corrected chi connectivity index (χ0v) is 7.56. The third-order valence-corrected chi connectivity index (χ3v) is 2.11. The van der Waals surface area contributed by atoms with Crippen molar-refractivity contribution in [2.45, 2.75) is 20.8 Å². The predicted molar refractivity (Wildman–Crippen MR) is 46.4 cm³/mol. The van der Waals surface area contributed by atoms with Gasteiger partial charge >= 0.3 is 0 Å². The summed E-state index contributed by atoms with van der Waals surface area (Å²) in [5.74, 6) is -0.214. The maximum absolute atomic E-state index is 11.2. The molecular weight excluding hydrogens is 154 g/mol. The van der Waals surface area contributed by atoms with E-state index in [1.807, 2.05) is 20.8 Å². The van der Waals surface area contributed by atoms with Crippen molar-refractivity contribution in [3.05, 3.63) is 22.5 Å². The summed E-state index contributed by atoms with van der Waals surface area (Å²) in [4.78, 5) is 14.3. The van der Waals surface area contributed by atoms with Crippen LogP contribution in [0.15, 0.2) is 0 Å². The van der Waals surface area contributed by atoms with Crippen LogP contribution in [0.1, 0.15) is 27.3 Å². The molecule has 0 aliphatic carbocycles. The highest BCUT2D eigenvalue weighted by atomic mass is 16.3. The van der Waals surface area contributed by atoms with Gasteiger partial charge in [0.25, 0.3) is 0 Å². The van der Waals surface area contributed by atoms with E-state index < -0.39 is 6.61 Å². The third-order valence-electron chi connectivity index (χ3n) is 2.11. The molecule has 0 aliphatic heterocycles. The standard InChI is InChI=1S/C9H13NO2/c1-5-6(2)10-7(3)9(5)8(12)4-11/h10-11H,4H2,1-3H3. The molecule has 0 amide bonds. The lowest BCUT2D eigenvalue weighted by atomic mass is 10.1. The summed E-state index contributed by atoms with van der Waals surface area (Å²) in [6.07, 6.45) is 0. The number of carbonyl (C=O) groups is 1. The number of ketones is 1. The Hall–Kier alpha value is -1.09. The summed E-state index contributed by atoms with van der Waals surface area (Å²) >= 11 is 0. The third kappa shape index (κ3) is 1.28. The molecule has 66 valence electrons. The van der Waals surface area contributed by atoms with Gasteiger partial charge in [-0.25, -0.2) is 0 Å². The van der Waals surface area contributed by atoms with Gasteiger partial charge in [0.05, 0.1) is 0 Å². The first-order valence-corrected chi connectivity index (χ1v) is 3.87. The second-order valence-electron chi connectivity index (χ2n) is 2.96. The van der Waals surface area contributed by atoms with E-state index >= 15 is 0 Å². The van der Waals surface area contributed by atoms with E-state index in [0.717, 1.165) is 17.0 Å². The van der Waals surface area contributed by atoms with Crippen LogP contribution in [-0.2, 0) is 0 Å². The number of rotatable bonds is 2. The molecule has 1 rings (SSSR count). The van der Waals surface area contributed by atoms with Gasteiger partial charge < -0.3 is 10.1 Å². The van der Waals surface area contributed by atoms with Crippen LogP contribution in [-0.4, -0.2) is 22.5 Å². The largest absolute Gasteiger partial charge is 0.388 e. The van der Waals surface area contributed by atoms with E-state index in [9.17, 15) is 4.79 Å². The van der Waals surface area contributed by atoms with Crippen molar-refractivity contribution in [1.29, 1.82) is 0 Å². The topological polar surface area (TPSA) is 53.1 Å². The Morgan fingerprint density at radius 1 is 1.33 bits per heavy atom. The van der Waals surface area contributed by atoms with Gasteiger partial charge in [-0.1, -0.05) is 0 Å². The molecule has 1 aromatic rings. The fraction of sp³-hybridized carbons (Fsp3) is 0.444. The Balaban J connectivity index is 3.22. The number of aliphatic hydroxyl groups excluding tert-OH is 1. The summed E-state index contributed by atoms with van der Waals surface area (Å²) in [6, 6.07) is 0. The molecule has 0 saturated heterocycles. The molecule has 0 fully saturated rings. The highest BCUT2D eigenvalue weighted by molar-refractivity contribution is 5.99. The van der Waals surface area contributed by atoms with Crippen molar-refractivity contribution < 1.29 is 9.90 Å². The highest BCUT2D eigenvalue weighted by Crippen LogP contribution is 2.16. The number of aliphatic hydroxyl groups is 1. The van der Waals surface area contributed by atoms with Gasteiger partial charge in [-0.2, -0.15) is 0 Å². The van der Waals surface area contributed by atoms with Crippen LogP contribution < -0.4 is 0 Å². The summed E-state index contributed by atoms with van der Waals surface area (Å²) in [5, 5.41) is 8.68. The first-order chi connectivity index (χ1) is 5.57.